The Morgan fingerprint density at radius 1 is 1.14 bits per heavy atom. The predicted octanol–water partition coefficient (Wildman–Crippen LogP) is 2.99. The molecule has 0 amide bonds. The first-order valence-electron chi connectivity index (χ1n) is 7.02. The molecular formula is C18H20O3. The molecule has 0 aromatic heterocycles. The van der Waals surface area contributed by atoms with Crippen LogP contribution < -0.4 is 4.74 Å². The van der Waals surface area contributed by atoms with E-state index < -0.39 is 0 Å². The van der Waals surface area contributed by atoms with Crippen LogP contribution in [0.25, 0.3) is 10.8 Å². The van der Waals surface area contributed by atoms with Gasteiger partial charge in [-0.2, -0.15) is 0 Å². The SMILES string of the molecule is COCCC(C)Oc1ccc2cc(C#CCO)ccc2c1. The molecule has 2 aromatic rings. The molecule has 1 N–H and O–H groups in total. The van der Waals surface area contributed by atoms with E-state index in [0.29, 0.717) is 6.61 Å². The maximum Gasteiger partial charge on any atom is 0.120 e. The summed E-state index contributed by atoms with van der Waals surface area (Å²) in [6.45, 7) is 2.61. The third-order valence-corrected chi connectivity index (χ3v) is 3.19. The topological polar surface area (TPSA) is 38.7 Å². The van der Waals surface area contributed by atoms with Gasteiger partial charge in [0.05, 0.1) is 6.10 Å². The fourth-order valence-electron chi connectivity index (χ4n) is 2.09. The Labute approximate surface area is 125 Å². The summed E-state index contributed by atoms with van der Waals surface area (Å²) in [5, 5.41) is 10.9. The molecule has 2 aromatic carbocycles. The molecule has 0 aliphatic heterocycles. The summed E-state index contributed by atoms with van der Waals surface area (Å²) in [5.41, 5.74) is 0.902. The van der Waals surface area contributed by atoms with Crippen LogP contribution in [0.2, 0.25) is 0 Å². The van der Waals surface area contributed by atoms with Crippen molar-refractivity contribution in [3.63, 3.8) is 0 Å². The van der Waals surface area contributed by atoms with E-state index in [0.717, 1.165) is 28.5 Å². The molecule has 21 heavy (non-hydrogen) atoms. The van der Waals surface area contributed by atoms with Gasteiger partial charge in [-0.25, -0.2) is 0 Å². The number of hydrogen-bond donors (Lipinski definition) is 1. The molecular weight excluding hydrogens is 264 g/mol. The summed E-state index contributed by atoms with van der Waals surface area (Å²) in [7, 11) is 1.69. The molecule has 0 aliphatic rings. The van der Waals surface area contributed by atoms with Crippen molar-refractivity contribution in [2.24, 2.45) is 0 Å². The van der Waals surface area contributed by atoms with Gasteiger partial charge in [0.15, 0.2) is 0 Å². The number of methoxy groups -OCH3 is 1. The zero-order valence-corrected chi connectivity index (χ0v) is 12.4. The normalized spacial score (nSPS) is 11.8. The first kappa shape index (κ1) is 15.4. The Kier molecular flexibility index (Phi) is 5.62. The van der Waals surface area contributed by atoms with Crippen LogP contribution in [0.3, 0.4) is 0 Å². The lowest BCUT2D eigenvalue weighted by atomic mass is 10.1. The molecule has 0 radical (unpaired) electrons. The van der Waals surface area contributed by atoms with E-state index in [-0.39, 0.29) is 12.7 Å². The van der Waals surface area contributed by atoms with Crippen molar-refractivity contribution in [3.8, 4) is 17.6 Å². The summed E-state index contributed by atoms with van der Waals surface area (Å²) < 4.78 is 10.9. The molecule has 3 nitrogen and oxygen atoms in total. The Hall–Kier alpha value is -2.02. The zero-order chi connectivity index (χ0) is 15.1. The van der Waals surface area contributed by atoms with Gasteiger partial charge in [0, 0.05) is 25.7 Å². The molecule has 0 spiro atoms. The van der Waals surface area contributed by atoms with E-state index in [2.05, 4.69) is 11.8 Å². The summed E-state index contributed by atoms with van der Waals surface area (Å²) in [6.07, 6.45) is 0.988. The van der Waals surface area contributed by atoms with Crippen molar-refractivity contribution in [1.29, 1.82) is 0 Å². The number of benzene rings is 2. The molecule has 1 atom stereocenters. The minimum Gasteiger partial charge on any atom is -0.491 e. The molecule has 0 aliphatic carbocycles. The van der Waals surface area contributed by atoms with Gasteiger partial charge in [0.25, 0.3) is 0 Å². The van der Waals surface area contributed by atoms with Crippen LogP contribution in [-0.2, 0) is 4.74 Å². The van der Waals surface area contributed by atoms with Crippen molar-refractivity contribution < 1.29 is 14.6 Å². The summed E-state index contributed by atoms with van der Waals surface area (Å²) in [4.78, 5) is 0. The molecule has 0 saturated carbocycles. The second-order valence-electron chi connectivity index (χ2n) is 4.89. The van der Waals surface area contributed by atoms with E-state index >= 15 is 0 Å². The minimum absolute atomic E-state index is 0.121. The number of hydrogen-bond acceptors (Lipinski definition) is 3. The molecule has 0 saturated heterocycles. The van der Waals surface area contributed by atoms with Gasteiger partial charge in [0.2, 0.25) is 0 Å². The molecule has 0 bridgehead atoms. The summed E-state index contributed by atoms with van der Waals surface area (Å²) in [6, 6.07) is 12.0. The Morgan fingerprint density at radius 3 is 2.67 bits per heavy atom. The standard InChI is InChI=1S/C18H20O3/c1-14(9-11-20-2)21-18-8-7-16-12-15(4-3-10-19)5-6-17(16)13-18/h5-8,12-14,19H,9-11H2,1-2H3. The first-order chi connectivity index (χ1) is 10.2. The van der Waals surface area contributed by atoms with Gasteiger partial charge in [-0.05, 0) is 42.0 Å². The summed E-state index contributed by atoms with van der Waals surface area (Å²) >= 11 is 0. The fourth-order valence-corrected chi connectivity index (χ4v) is 2.09. The highest BCUT2D eigenvalue weighted by Gasteiger charge is 2.04. The van der Waals surface area contributed by atoms with Crippen LogP contribution in [0.4, 0.5) is 0 Å². The lowest BCUT2D eigenvalue weighted by Gasteiger charge is -2.14. The predicted molar refractivity (Wildman–Crippen MR) is 84.5 cm³/mol. The van der Waals surface area contributed by atoms with E-state index in [1.54, 1.807) is 7.11 Å². The highest BCUT2D eigenvalue weighted by molar-refractivity contribution is 5.85. The maximum absolute atomic E-state index is 8.72. The average molecular weight is 284 g/mol. The Balaban J connectivity index is 2.15. The number of fused-ring (bicyclic) bond motifs is 1. The fraction of sp³-hybridized carbons (Fsp3) is 0.333. The van der Waals surface area contributed by atoms with Crippen molar-refractivity contribution >= 4 is 10.8 Å². The third kappa shape index (κ3) is 4.49. The summed E-state index contributed by atoms with van der Waals surface area (Å²) in [5.74, 6) is 6.43. The van der Waals surface area contributed by atoms with Gasteiger partial charge in [-0.3, -0.25) is 0 Å². The van der Waals surface area contributed by atoms with E-state index in [4.69, 9.17) is 14.6 Å². The molecule has 110 valence electrons. The van der Waals surface area contributed by atoms with E-state index in [9.17, 15) is 0 Å². The third-order valence-electron chi connectivity index (χ3n) is 3.19. The van der Waals surface area contributed by atoms with Gasteiger partial charge in [-0.1, -0.05) is 24.0 Å². The van der Waals surface area contributed by atoms with Crippen LogP contribution in [-0.4, -0.2) is 31.5 Å². The Bertz CT molecular complexity index is 652. The van der Waals surface area contributed by atoms with Crippen LogP contribution in [0.5, 0.6) is 5.75 Å². The molecule has 0 fully saturated rings. The molecule has 3 heteroatoms. The van der Waals surface area contributed by atoms with Crippen LogP contribution >= 0.6 is 0 Å². The van der Waals surface area contributed by atoms with Gasteiger partial charge >= 0.3 is 0 Å². The van der Waals surface area contributed by atoms with E-state index in [1.165, 1.54) is 0 Å². The highest BCUT2D eigenvalue weighted by atomic mass is 16.5. The van der Waals surface area contributed by atoms with Crippen molar-refractivity contribution in [2.45, 2.75) is 19.4 Å². The maximum atomic E-state index is 8.72. The number of aliphatic hydroxyl groups excluding tert-OH is 1. The van der Waals surface area contributed by atoms with Crippen LogP contribution in [0, 0.1) is 11.8 Å². The number of ether oxygens (including phenoxy) is 2. The number of rotatable bonds is 5. The van der Waals surface area contributed by atoms with Crippen molar-refractivity contribution in [2.75, 3.05) is 20.3 Å². The number of aliphatic hydroxyl groups is 1. The quantitative estimate of drug-likeness (QED) is 0.858. The molecule has 0 heterocycles. The first-order valence-corrected chi connectivity index (χ1v) is 7.02. The van der Waals surface area contributed by atoms with Gasteiger partial charge in [-0.15, -0.1) is 0 Å². The van der Waals surface area contributed by atoms with Crippen molar-refractivity contribution in [1.82, 2.24) is 0 Å². The average Bonchev–Trinajstić information content (AvgIpc) is 2.50. The monoisotopic (exact) mass is 284 g/mol. The zero-order valence-electron chi connectivity index (χ0n) is 12.4. The lowest BCUT2D eigenvalue weighted by molar-refractivity contribution is 0.135. The minimum atomic E-state index is -0.121. The largest absolute Gasteiger partial charge is 0.491 e. The molecule has 1 unspecified atom stereocenters. The highest BCUT2D eigenvalue weighted by Crippen LogP contribution is 2.23. The van der Waals surface area contributed by atoms with Gasteiger partial charge in [0.1, 0.15) is 12.4 Å². The lowest BCUT2D eigenvalue weighted by Crippen LogP contribution is -2.14. The second-order valence-corrected chi connectivity index (χ2v) is 4.89. The van der Waals surface area contributed by atoms with Crippen LogP contribution in [0.15, 0.2) is 36.4 Å². The second kappa shape index (κ2) is 7.68. The smallest absolute Gasteiger partial charge is 0.120 e. The van der Waals surface area contributed by atoms with Crippen LogP contribution in [0.1, 0.15) is 18.9 Å². The van der Waals surface area contributed by atoms with Gasteiger partial charge < -0.3 is 14.6 Å². The Morgan fingerprint density at radius 2 is 1.90 bits per heavy atom. The van der Waals surface area contributed by atoms with E-state index in [1.807, 2.05) is 43.3 Å². The van der Waals surface area contributed by atoms with Crippen molar-refractivity contribution in [3.05, 3.63) is 42.0 Å². The molecule has 2 rings (SSSR count).